The summed E-state index contributed by atoms with van der Waals surface area (Å²) in [4.78, 5) is 25.0. The van der Waals surface area contributed by atoms with Crippen molar-refractivity contribution in [3.05, 3.63) is 12.7 Å². The number of carboxylic acids is 1. The van der Waals surface area contributed by atoms with E-state index < -0.39 is 11.4 Å². The molecule has 1 rings (SSSR count). The van der Waals surface area contributed by atoms with Gasteiger partial charge in [0.15, 0.2) is 0 Å². The normalized spacial score (nSPS) is 18.4. The number of allylic oxidation sites excluding steroid dienone is 1. The average Bonchev–Trinajstić information content (AvgIpc) is 2.37. The number of rotatable bonds is 6. The molecule has 0 bridgehead atoms. The molecule has 0 aliphatic carbocycles. The Labute approximate surface area is 109 Å². The van der Waals surface area contributed by atoms with E-state index in [0.29, 0.717) is 45.2 Å². The lowest BCUT2D eigenvalue weighted by Crippen LogP contribution is -2.46. The Morgan fingerprint density at radius 1 is 1.39 bits per heavy atom. The van der Waals surface area contributed by atoms with Gasteiger partial charge in [0, 0.05) is 19.5 Å². The number of amides is 1. The van der Waals surface area contributed by atoms with Crippen molar-refractivity contribution >= 4 is 11.9 Å². The van der Waals surface area contributed by atoms with E-state index >= 15 is 0 Å². The minimum absolute atomic E-state index is 0.116. The van der Waals surface area contributed by atoms with Gasteiger partial charge in [-0.1, -0.05) is 19.4 Å². The lowest BCUT2D eigenvalue weighted by Gasteiger charge is -2.38. The fourth-order valence-corrected chi connectivity index (χ4v) is 2.62. The van der Waals surface area contributed by atoms with Gasteiger partial charge in [-0.15, -0.1) is 6.58 Å². The summed E-state index contributed by atoms with van der Waals surface area (Å²) in [6.07, 6.45) is 5.64. The summed E-state index contributed by atoms with van der Waals surface area (Å²) in [5, 5.41) is 9.37. The van der Waals surface area contributed by atoms with Gasteiger partial charge in [0.1, 0.15) is 0 Å². The van der Waals surface area contributed by atoms with E-state index in [1.54, 1.807) is 11.0 Å². The van der Waals surface area contributed by atoms with Crippen molar-refractivity contribution in [2.75, 3.05) is 13.1 Å². The zero-order valence-electron chi connectivity index (χ0n) is 11.2. The minimum Gasteiger partial charge on any atom is -0.481 e. The molecule has 1 amide bonds. The zero-order chi connectivity index (χ0) is 13.6. The summed E-state index contributed by atoms with van der Waals surface area (Å²) < 4.78 is 0. The molecule has 0 atom stereocenters. The molecule has 4 heteroatoms. The number of piperidine rings is 1. The molecule has 1 heterocycles. The van der Waals surface area contributed by atoms with Gasteiger partial charge in [-0.05, 0) is 25.7 Å². The maximum absolute atomic E-state index is 11.8. The highest BCUT2D eigenvalue weighted by Gasteiger charge is 2.41. The number of nitrogens with zero attached hydrogens (tertiary/aromatic N) is 1. The molecule has 1 fully saturated rings. The van der Waals surface area contributed by atoms with Crippen molar-refractivity contribution in [3.8, 4) is 0 Å². The third-order valence-electron chi connectivity index (χ3n) is 3.82. The average molecular weight is 253 g/mol. The fraction of sp³-hybridized carbons (Fsp3) is 0.714. The summed E-state index contributed by atoms with van der Waals surface area (Å²) in [5.74, 6) is -0.590. The molecule has 1 N–H and O–H groups in total. The molecule has 1 aliphatic heterocycles. The summed E-state index contributed by atoms with van der Waals surface area (Å²) in [7, 11) is 0. The minimum atomic E-state index is -0.706. The van der Waals surface area contributed by atoms with Crippen LogP contribution in [0.3, 0.4) is 0 Å². The highest BCUT2D eigenvalue weighted by molar-refractivity contribution is 5.78. The van der Waals surface area contributed by atoms with Gasteiger partial charge in [-0.3, -0.25) is 9.59 Å². The van der Waals surface area contributed by atoms with Crippen LogP contribution in [-0.2, 0) is 9.59 Å². The Morgan fingerprint density at radius 3 is 2.44 bits per heavy atom. The number of hydrogen-bond donors (Lipinski definition) is 1. The Kier molecular flexibility index (Phi) is 5.38. The fourth-order valence-electron chi connectivity index (χ4n) is 2.62. The van der Waals surface area contributed by atoms with E-state index in [0.717, 1.165) is 6.42 Å². The molecule has 102 valence electrons. The first-order valence-electron chi connectivity index (χ1n) is 6.68. The van der Waals surface area contributed by atoms with Crippen LogP contribution in [0.25, 0.3) is 0 Å². The van der Waals surface area contributed by atoms with E-state index in [4.69, 9.17) is 0 Å². The van der Waals surface area contributed by atoms with Gasteiger partial charge in [-0.25, -0.2) is 0 Å². The van der Waals surface area contributed by atoms with Crippen molar-refractivity contribution in [3.63, 3.8) is 0 Å². The second-order valence-corrected chi connectivity index (χ2v) is 5.04. The van der Waals surface area contributed by atoms with Crippen LogP contribution in [0, 0.1) is 5.41 Å². The van der Waals surface area contributed by atoms with Crippen molar-refractivity contribution < 1.29 is 14.7 Å². The van der Waals surface area contributed by atoms with Gasteiger partial charge in [0.25, 0.3) is 0 Å². The molecular weight excluding hydrogens is 230 g/mol. The monoisotopic (exact) mass is 253 g/mol. The summed E-state index contributed by atoms with van der Waals surface area (Å²) in [6, 6.07) is 0. The number of aliphatic carboxylic acids is 1. The molecule has 1 saturated heterocycles. The Bertz CT molecular complexity index is 317. The Hall–Kier alpha value is -1.32. The van der Waals surface area contributed by atoms with Gasteiger partial charge in [0.2, 0.25) is 5.91 Å². The van der Waals surface area contributed by atoms with Crippen molar-refractivity contribution in [2.24, 2.45) is 5.41 Å². The summed E-state index contributed by atoms with van der Waals surface area (Å²) in [5.41, 5.74) is -0.607. The van der Waals surface area contributed by atoms with Crippen LogP contribution in [0.2, 0.25) is 0 Å². The van der Waals surface area contributed by atoms with E-state index in [1.807, 2.05) is 6.92 Å². The van der Waals surface area contributed by atoms with Crippen LogP contribution < -0.4 is 0 Å². The van der Waals surface area contributed by atoms with Crippen LogP contribution >= 0.6 is 0 Å². The van der Waals surface area contributed by atoms with E-state index in [2.05, 4.69) is 6.58 Å². The SMILES string of the molecule is C=CCCC(=O)N1CCC(CCC)(C(=O)O)CC1. The number of likely N-dealkylation sites (tertiary alicyclic amines) is 1. The predicted octanol–water partition coefficient (Wildman–Crippen LogP) is 2.45. The molecule has 18 heavy (non-hydrogen) atoms. The molecule has 4 nitrogen and oxygen atoms in total. The van der Waals surface area contributed by atoms with Crippen molar-refractivity contribution in [1.82, 2.24) is 4.90 Å². The lowest BCUT2D eigenvalue weighted by molar-refractivity contribution is -0.155. The smallest absolute Gasteiger partial charge is 0.309 e. The standard InChI is InChI=1S/C14H23NO3/c1-3-5-6-12(16)15-10-8-14(7-4-2,9-11-15)13(17)18/h3H,1,4-11H2,2H3,(H,17,18). The molecule has 1 aliphatic rings. The van der Waals surface area contributed by atoms with E-state index in [1.165, 1.54) is 0 Å². The predicted molar refractivity (Wildman–Crippen MR) is 70.2 cm³/mol. The molecule has 0 aromatic carbocycles. The second kappa shape index (κ2) is 6.57. The quantitative estimate of drug-likeness (QED) is 0.740. The van der Waals surface area contributed by atoms with Crippen molar-refractivity contribution in [2.45, 2.75) is 45.4 Å². The Morgan fingerprint density at radius 2 is 2.00 bits per heavy atom. The highest BCUT2D eigenvalue weighted by Crippen LogP contribution is 2.36. The number of carbonyl (C=O) groups excluding carboxylic acids is 1. The largest absolute Gasteiger partial charge is 0.481 e. The first-order chi connectivity index (χ1) is 8.55. The zero-order valence-corrected chi connectivity index (χ0v) is 11.2. The lowest BCUT2D eigenvalue weighted by atomic mass is 9.75. The van der Waals surface area contributed by atoms with Crippen LogP contribution in [0.4, 0.5) is 0 Å². The molecule has 0 radical (unpaired) electrons. The molecule has 0 saturated carbocycles. The molecular formula is C14H23NO3. The number of hydrogen-bond acceptors (Lipinski definition) is 2. The van der Waals surface area contributed by atoms with Crippen LogP contribution in [0.15, 0.2) is 12.7 Å². The van der Waals surface area contributed by atoms with Gasteiger partial charge >= 0.3 is 5.97 Å². The van der Waals surface area contributed by atoms with Gasteiger partial charge in [0.05, 0.1) is 5.41 Å². The third-order valence-corrected chi connectivity index (χ3v) is 3.82. The number of carboxylic acid groups (broad SMARTS) is 1. The molecule has 0 spiro atoms. The van der Waals surface area contributed by atoms with Crippen molar-refractivity contribution in [1.29, 1.82) is 0 Å². The summed E-state index contributed by atoms with van der Waals surface area (Å²) >= 11 is 0. The van der Waals surface area contributed by atoms with Gasteiger partial charge < -0.3 is 10.0 Å². The van der Waals surface area contributed by atoms with Gasteiger partial charge in [-0.2, -0.15) is 0 Å². The van der Waals surface area contributed by atoms with Crippen LogP contribution in [0.5, 0.6) is 0 Å². The third kappa shape index (κ3) is 3.34. The maximum atomic E-state index is 11.8. The molecule has 0 aromatic rings. The molecule has 0 unspecified atom stereocenters. The second-order valence-electron chi connectivity index (χ2n) is 5.04. The van der Waals surface area contributed by atoms with E-state index in [-0.39, 0.29) is 5.91 Å². The molecule has 0 aromatic heterocycles. The summed E-state index contributed by atoms with van der Waals surface area (Å²) in [6.45, 7) is 6.75. The Balaban J connectivity index is 2.55. The van der Waals surface area contributed by atoms with Crippen LogP contribution in [0.1, 0.15) is 45.4 Å². The maximum Gasteiger partial charge on any atom is 0.309 e. The van der Waals surface area contributed by atoms with E-state index in [9.17, 15) is 14.7 Å². The van der Waals surface area contributed by atoms with Crippen LogP contribution in [-0.4, -0.2) is 35.0 Å². The first kappa shape index (κ1) is 14.7. The highest BCUT2D eigenvalue weighted by atomic mass is 16.4. The topological polar surface area (TPSA) is 57.6 Å². The number of carbonyl (C=O) groups is 2. The first-order valence-corrected chi connectivity index (χ1v) is 6.68.